The second kappa shape index (κ2) is 8.93. The number of nitrogens with one attached hydrogen (secondary N) is 1. The molecule has 0 aliphatic heterocycles. The molecule has 0 aliphatic rings. The fourth-order valence-electron chi connectivity index (χ4n) is 1.86. The van der Waals surface area contributed by atoms with Gasteiger partial charge < -0.3 is 14.8 Å². The molecule has 0 fully saturated rings. The van der Waals surface area contributed by atoms with Gasteiger partial charge in [-0.3, -0.25) is 9.59 Å². The van der Waals surface area contributed by atoms with Crippen LogP contribution in [0.5, 0.6) is 5.75 Å². The van der Waals surface area contributed by atoms with Crippen LogP contribution in [-0.4, -0.2) is 24.6 Å². The fourth-order valence-corrected chi connectivity index (χ4v) is 1.98. The molecule has 1 atom stereocenters. The molecule has 2 aromatic rings. The van der Waals surface area contributed by atoms with Gasteiger partial charge in [0.2, 0.25) is 0 Å². The summed E-state index contributed by atoms with van der Waals surface area (Å²) in [5, 5.41) is 3.23. The number of halogens is 1. The third-order valence-electron chi connectivity index (χ3n) is 3.11. The number of amides is 1. The number of esters is 1. The minimum Gasteiger partial charge on any atom is -0.493 e. The molecule has 0 aliphatic carbocycles. The molecule has 1 N–H and O–H groups in total. The highest BCUT2D eigenvalue weighted by Crippen LogP contribution is 2.14. The zero-order valence-corrected chi connectivity index (χ0v) is 14.0. The first-order valence-corrected chi connectivity index (χ1v) is 7.86. The van der Waals surface area contributed by atoms with Gasteiger partial charge in [0.1, 0.15) is 5.75 Å². The van der Waals surface area contributed by atoms with Crippen molar-refractivity contribution >= 4 is 29.2 Å². The van der Waals surface area contributed by atoms with E-state index < -0.39 is 18.0 Å². The Kier molecular flexibility index (Phi) is 6.63. The summed E-state index contributed by atoms with van der Waals surface area (Å²) in [6, 6.07) is 15.8. The van der Waals surface area contributed by atoms with Gasteiger partial charge in [0.05, 0.1) is 13.0 Å². The summed E-state index contributed by atoms with van der Waals surface area (Å²) in [5.41, 5.74) is 0.583. The molecule has 0 radical (unpaired) electrons. The van der Waals surface area contributed by atoms with Gasteiger partial charge in [-0.2, -0.15) is 0 Å². The molecule has 0 saturated heterocycles. The first kappa shape index (κ1) is 17.8. The summed E-state index contributed by atoms with van der Waals surface area (Å²) in [6.45, 7) is 1.70. The maximum Gasteiger partial charge on any atom is 0.310 e. The molecule has 0 spiro atoms. The molecule has 2 aromatic carbocycles. The maximum atomic E-state index is 12.0. The van der Waals surface area contributed by atoms with Gasteiger partial charge >= 0.3 is 5.97 Å². The van der Waals surface area contributed by atoms with Crippen LogP contribution in [0.1, 0.15) is 13.3 Å². The zero-order chi connectivity index (χ0) is 17.4. The van der Waals surface area contributed by atoms with Gasteiger partial charge in [0.15, 0.2) is 6.10 Å². The van der Waals surface area contributed by atoms with E-state index in [1.54, 1.807) is 36.4 Å². The number of rotatable bonds is 7. The van der Waals surface area contributed by atoms with E-state index in [4.69, 9.17) is 21.1 Å². The lowest BCUT2D eigenvalue weighted by Gasteiger charge is -2.14. The number of benzene rings is 2. The molecule has 0 aromatic heterocycles. The summed E-state index contributed by atoms with van der Waals surface area (Å²) in [4.78, 5) is 23.7. The van der Waals surface area contributed by atoms with Crippen molar-refractivity contribution in [3.05, 3.63) is 59.6 Å². The Hall–Kier alpha value is -2.53. The highest BCUT2D eigenvalue weighted by Gasteiger charge is 2.17. The summed E-state index contributed by atoms with van der Waals surface area (Å²) in [7, 11) is 0. The number of anilines is 1. The van der Waals surface area contributed by atoms with Crippen LogP contribution in [0.4, 0.5) is 5.69 Å². The standard InChI is InChI=1S/C18H18ClNO4/c1-13(18(22)20-15-9-7-14(19)8-10-15)24-17(21)11-12-23-16-5-3-2-4-6-16/h2-10,13H,11-12H2,1H3,(H,20,22)/t13-/m1/s1. The van der Waals surface area contributed by atoms with Crippen molar-refractivity contribution < 1.29 is 19.1 Å². The van der Waals surface area contributed by atoms with Gasteiger partial charge in [0, 0.05) is 10.7 Å². The minimum atomic E-state index is -0.898. The second-order valence-corrected chi connectivity index (χ2v) is 5.48. The van der Waals surface area contributed by atoms with Crippen LogP contribution in [0.15, 0.2) is 54.6 Å². The molecule has 1 amide bonds. The lowest BCUT2D eigenvalue weighted by Crippen LogP contribution is -2.30. The number of ether oxygens (including phenoxy) is 2. The molecular formula is C18H18ClNO4. The van der Waals surface area contributed by atoms with Crippen LogP contribution in [0, 0.1) is 0 Å². The van der Waals surface area contributed by atoms with Crippen molar-refractivity contribution in [3.8, 4) is 5.75 Å². The quantitative estimate of drug-likeness (QED) is 0.776. The van der Waals surface area contributed by atoms with Gasteiger partial charge in [0.25, 0.3) is 5.91 Å². The summed E-state index contributed by atoms with van der Waals surface area (Å²) < 4.78 is 10.5. The van der Waals surface area contributed by atoms with E-state index in [1.807, 2.05) is 18.2 Å². The van der Waals surface area contributed by atoms with Crippen LogP contribution in [0.25, 0.3) is 0 Å². The topological polar surface area (TPSA) is 64.6 Å². The van der Waals surface area contributed by atoms with E-state index in [0.717, 1.165) is 0 Å². The first-order chi connectivity index (χ1) is 11.5. The Morgan fingerprint density at radius 2 is 1.75 bits per heavy atom. The number of carbonyl (C=O) groups excluding carboxylic acids is 2. The predicted octanol–water partition coefficient (Wildman–Crippen LogP) is 3.68. The SMILES string of the molecule is C[C@@H](OC(=O)CCOc1ccccc1)C(=O)Nc1ccc(Cl)cc1. The Morgan fingerprint density at radius 1 is 1.08 bits per heavy atom. The first-order valence-electron chi connectivity index (χ1n) is 7.48. The van der Waals surface area contributed by atoms with Crippen molar-refractivity contribution in [2.75, 3.05) is 11.9 Å². The van der Waals surface area contributed by atoms with Gasteiger partial charge in [-0.25, -0.2) is 0 Å². The Balaban J connectivity index is 1.72. The lowest BCUT2D eigenvalue weighted by molar-refractivity contribution is -0.153. The number of hydrogen-bond acceptors (Lipinski definition) is 4. The van der Waals surface area contributed by atoms with Crippen molar-refractivity contribution in [3.63, 3.8) is 0 Å². The van der Waals surface area contributed by atoms with Crippen LogP contribution >= 0.6 is 11.6 Å². The Morgan fingerprint density at radius 3 is 2.42 bits per heavy atom. The minimum absolute atomic E-state index is 0.0630. The molecule has 126 valence electrons. The third-order valence-corrected chi connectivity index (χ3v) is 3.36. The van der Waals surface area contributed by atoms with Gasteiger partial charge in [-0.1, -0.05) is 29.8 Å². The monoisotopic (exact) mass is 347 g/mol. The average molecular weight is 348 g/mol. The van der Waals surface area contributed by atoms with E-state index in [0.29, 0.717) is 16.5 Å². The molecule has 24 heavy (non-hydrogen) atoms. The van der Waals surface area contributed by atoms with E-state index in [9.17, 15) is 9.59 Å². The summed E-state index contributed by atoms with van der Waals surface area (Å²) >= 11 is 5.78. The van der Waals surface area contributed by atoms with Crippen LogP contribution in [-0.2, 0) is 14.3 Å². The van der Waals surface area contributed by atoms with Crippen molar-refractivity contribution in [2.45, 2.75) is 19.4 Å². The zero-order valence-electron chi connectivity index (χ0n) is 13.2. The molecule has 0 saturated carbocycles. The molecule has 6 heteroatoms. The van der Waals surface area contributed by atoms with Crippen LogP contribution < -0.4 is 10.1 Å². The molecule has 2 rings (SSSR count). The van der Waals surface area contributed by atoms with Crippen molar-refractivity contribution in [1.29, 1.82) is 0 Å². The lowest BCUT2D eigenvalue weighted by atomic mass is 10.3. The largest absolute Gasteiger partial charge is 0.493 e. The van der Waals surface area contributed by atoms with E-state index in [2.05, 4.69) is 5.32 Å². The second-order valence-electron chi connectivity index (χ2n) is 5.04. The van der Waals surface area contributed by atoms with Crippen molar-refractivity contribution in [2.24, 2.45) is 0 Å². The van der Waals surface area contributed by atoms with E-state index >= 15 is 0 Å². The van der Waals surface area contributed by atoms with Gasteiger partial charge in [-0.15, -0.1) is 0 Å². The molecular weight excluding hydrogens is 330 g/mol. The maximum absolute atomic E-state index is 12.0. The third kappa shape index (κ3) is 5.93. The average Bonchev–Trinajstić information content (AvgIpc) is 2.58. The number of carbonyl (C=O) groups is 2. The Bertz CT molecular complexity index is 673. The van der Waals surface area contributed by atoms with E-state index in [-0.39, 0.29) is 13.0 Å². The Labute approximate surface area is 145 Å². The summed E-state index contributed by atoms with van der Waals surface area (Å²) in [5.74, 6) is -0.224. The van der Waals surface area contributed by atoms with Crippen LogP contribution in [0.3, 0.4) is 0 Å². The summed E-state index contributed by atoms with van der Waals surface area (Å²) in [6.07, 6.45) is -0.835. The highest BCUT2D eigenvalue weighted by atomic mass is 35.5. The molecule has 5 nitrogen and oxygen atoms in total. The molecule has 0 bridgehead atoms. The number of hydrogen-bond donors (Lipinski definition) is 1. The predicted molar refractivity (Wildman–Crippen MR) is 92.2 cm³/mol. The van der Waals surface area contributed by atoms with Crippen LogP contribution in [0.2, 0.25) is 5.02 Å². The normalized spacial score (nSPS) is 11.4. The fraction of sp³-hybridized carbons (Fsp3) is 0.222. The highest BCUT2D eigenvalue weighted by molar-refractivity contribution is 6.30. The van der Waals surface area contributed by atoms with Crippen molar-refractivity contribution in [1.82, 2.24) is 0 Å². The van der Waals surface area contributed by atoms with Gasteiger partial charge in [-0.05, 0) is 43.3 Å². The molecule has 0 heterocycles. The van der Waals surface area contributed by atoms with E-state index in [1.165, 1.54) is 6.92 Å². The number of para-hydroxylation sites is 1. The smallest absolute Gasteiger partial charge is 0.310 e. The molecule has 0 unspecified atom stereocenters.